The number of para-hydroxylation sites is 1. The van der Waals surface area contributed by atoms with E-state index in [0.29, 0.717) is 11.6 Å². The summed E-state index contributed by atoms with van der Waals surface area (Å²) in [5, 5.41) is 2.41. The van der Waals surface area contributed by atoms with Crippen LogP contribution < -0.4 is 21.3 Å². The average Bonchev–Trinajstić information content (AvgIpc) is 2.48. The zero-order valence-electron chi connectivity index (χ0n) is 10.5. The molecule has 0 atom stereocenters. The highest BCUT2D eigenvalue weighted by atomic mass is 19.1. The number of halogens is 1. The summed E-state index contributed by atoms with van der Waals surface area (Å²) >= 11 is 0. The number of benzene rings is 1. The highest BCUT2D eigenvalue weighted by Gasteiger charge is 2.09. The molecule has 20 heavy (non-hydrogen) atoms. The van der Waals surface area contributed by atoms with Gasteiger partial charge in [0.15, 0.2) is 18.2 Å². The molecule has 1 aromatic heterocycles. The minimum absolute atomic E-state index is 0.101. The number of carbonyl (C=O) groups is 1. The summed E-state index contributed by atoms with van der Waals surface area (Å²) in [7, 11) is 0. The van der Waals surface area contributed by atoms with E-state index in [-0.39, 0.29) is 12.3 Å². The standard InChI is InChI=1S/C13H13FN4O2/c14-9-4-1-2-5-10(9)17-12(19)8-20-11-6-3-7-16-13(11)18-15/h1-7H,8,15H2,(H,16,18)(H,17,19). The lowest BCUT2D eigenvalue weighted by molar-refractivity contribution is -0.118. The number of amides is 1. The van der Waals surface area contributed by atoms with Crippen LogP contribution in [0.25, 0.3) is 0 Å². The van der Waals surface area contributed by atoms with Crippen molar-refractivity contribution in [1.82, 2.24) is 4.98 Å². The second kappa shape index (κ2) is 6.48. The van der Waals surface area contributed by atoms with Gasteiger partial charge in [0.2, 0.25) is 0 Å². The van der Waals surface area contributed by atoms with Gasteiger partial charge in [-0.15, -0.1) is 0 Å². The van der Waals surface area contributed by atoms with Crippen LogP contribution in [0.2, 0.25) is 0 Å². The molecule has 1 heterocycles. The monoisotopic (exact) mass is 276 g/mol. The number of ether oxygens (including phenoxy) is 1. The fraction of sp³-hybridized carbons (Fsp3) is 0.0769. The van der Waals surface area contributed by atoms with Crippen LogP contribution in [0, 0.1) is 5.82 Å². The van der Waals surface area contributed by atoms with Crippen LogP contribution in [0.1, 0.15) is 0 Å². The van der Waals surface area contributed by atoms with E-state index in [0.717, 1.165) is 0 Å². The van der Waals surface area contributed by atoms with Gasteiger partial charge in [-0.05, 0) is 24.3 Å². The maximum atomic E-state index is 13.3. The number of carbonyl (C=O) groups excluding carboxylic acids is 1. The van der Waals surface area contributed by atoms with Crippen molar-refractivity contribution in [3.05, 3.63) is 48.4 Å². The molecule has 0 radical (unpaired) electrons. The van der Waals surface area contributed by atoms with Gasteiger partial charge in [0.05, 0.1) is 5.69 Å². The van der Waals surface area contributed by atoms with Gasteiger partial charge in [-0.3, -0.25) is 4.79 Å². The Morgan fingerprint density at radius 1 is 1.30 bits per heavy atom. The van der Waals surface area contributed by atoms with Crippen molar-refractivity contribution in [1.29, 1.82) is 0 Å². The van der Waals surface area contributed by atoms with Crippen LogP contribution in [0.15, 0.2) is 42.6 Å². The molecule has 0 bridgehead atoms. The number of anilines is 2. The summed E-state index contributed by atoms with van der Waals surface area (Å²) in [6, 6.07) is 9.13. The number of hydrogen-bond acceptors (Lipinski definition) is 5. The summed E-state index contributed by atoms with van der Waals surface area (Å²) < 4.78 is 18.6. The lowest BCUT2D eigenvalue weighted by Crippen LogP contribution is -2.21. The number of nitrogens with two attached hydrogens (primary N) is 1. The molecular weight excluding hydrogens is 263 g/mol. The molecule has 7 heteroatoms. The van der Waals surface area contributed by atoms with Crippen LogP contribution in [0.4, 0.5) is 15.9 Å². The van der Waals surface area contributed by atoms with Crippen LogP contribution in [-0.2, 0) is 4.79 Å². The third-order valence-corrected chi connectivity index (χ3v) is 2.41. The largest absolute Gasteiger partial charge is 0.480 e. The second-order valence-corrected chi connectivity index (χ2v) is 3.81. The molecule has 0 aliphatic heterocycles. The van der Waals surface area contributed by atoms with Gasteiger partial charge >= 0.3 is 0 Å². The van der Waals surface area contributed by atoms with E-state index in [1.165, 1.54) is 24.4 Å². The second-order valence-electron chi connectivity index (χ2n) is 3.81. The fourth-order valence-corrected chi connectivity index (χ4v) is 1.51. The summed E-state index contributed by atoms with van der Waals surface area (Å²) in [4.78, 5) is 15.6. The predicted molar refractivity (Wildman–Crippen MR) is 72.6 cm³/mol. The number of nitrogen functional groups attached to an aromatic ring is 1. The number of nitrogens with one attached hydrogen (secondary N) is 2. The molecule has 1 aromatic carbocycles. The maximum Gasteiger partial charge on any atom is 0.262 e. The number of hydrazine groups is 1. The highest BCUT2D eigenvalue weighted by molar-refractivity contribution is 5.92. The van der Waals surface area contributed by atoms with Crippen LogP contribution >= 0.6 is 0 Å². The Morgan fingerprint density at radius 2 is 2.10 bits per heavy atom. The third kappa shape index (κ3) is 3.42. The van der Waals surface area contributed by atoms with Crippen molar-refractivity contribution in [2.24, 2.45) is 5.84 Å². The number of rotatable bonds is 5. The molecule has 2 rings (SSSR count). The minimum Gasteiger partial charge on any atom is -0.480 e. The topological polar surface area (TPSA) is 89.3 Å². The third-order valence-electron chi connectivity index (χ3n) is 2.41. The van der Waals surface area contributed by atoms with E-state index in [2.05, 4.69) is 15.7 Å². The van der Waals surface area contributed by atoms with Crippen molar-refractivity contribution in [2.75, 3.05) is 17.3 Å². The number of aromatic nitrogens is 1. The fourth-order valence-electron chi connectivity index (χ4n) is 1.51. The van der Waals surface area contributed by atoms with Gasteiger partial charge in [0.25, 0.3) is 5.91 Å². The van der Waals surface area contributed by atoms with Crippen LogP contribution in [0.5, 0.6) is 5.75 Å². The highest BCUT2D eigenvalue weighted by Crippen LogP contribution is 2.19. The Labute approximate surface area is 114 Å². The van der Waals surface area contributed by atoms with Crippen molar-refractivity contribution in [3.63, 3.8) is 0 Å². The first-order valence-electron chi connectivity index (χ1n) is 5.79. The van der Waals surface area contributed by atoms with Gasteiger partial charge in [-0.1, -0.05) is 12.1 Å². The Kier molecular flexibility index (Phi) is 4.46. The van der Waals surface area contributed by atoms with E-state index in [4.69, 9.17) is 10.6 Å². The maximum absolute atomic E-state index is 13.3. The Balaban J connectivity index is 1.94. The zero-order valence-corrected chi connectivity index (χ0v) is 10.5. The molecular formula is C13H13FN4O2. The van der Waals surface area contributed by atoms with E-state index >= 15 is 0 Å². The van der Waals surface area contributed by atoms with Crippen LogP contribution in [0.3, 0.4) is 0 Å². The number of nitrogens with zero attached hydrogens (tertiary/aromatic N) is 1. The molecule has 1 amide bonds. The molecule has 0 spiro atoms. The molecule has 0 saturated carbocycles. The van der Waals surface area contributed by atoms with Gasteiger partial charge in [-0.25, -0.2) is 15.2 Å². The first kappa shape index (κ1) is 13.8. The van der Waals surface area contributed by atoms with E-state index < -0.39 is 11.7 Å². The van der Waals surface area contributed by atoms with Gasteiger partial charge in [-0.2, -0.15) is 0 Å². The van der Waals surface area contributed by atoms with Gasteiger partial charge in [0, 0.05) is 6.20 Å². The summed E-state index contributed by atoms with van der Waals surface area (Å²) in [6.45, 7) is -0.283. The Morgan fingerprint density at radius 3 is 2.85 bits per heavy atom. The predicted octanol–water partition coefficient (Wildman–Crippen LogP) is 1.52. The van der Waals surface area contributed by atoms with Crippen molar-refractivity contribution < 1.29 is 13.9 Å². The Bertz CT molecular complexity index is 606. The SMILES string of the molecule is NNc1ncccc1OCC(=O)Nc1ccccc1F. The molecule has 0 saturated heterocycles. The van der Waals surface area contributed by atoms with E-state index in [1.54, 1.807) is 18.2 Å². The van der Waals surface area contributed by atoms with Crippen LogP contribution in [-0.4, -0.2) is 17.5 Å². The minimum atomic E-state index is -0.508. The molecule has 104 valence electrons. The lowest BCUT2D eigenvalue weighted by atomic mass is 10.3. The quantitative estimate of drug-likeness (QED) is 0.569. The molecule has 0 aliphatic rings. The van der Waals surface area contributed by atoms with Crippen molar-refractivity contribution in [3.8, 4) is 5.75 Å². The smallest absolute Gasteiger partial charge is 0.262 e. The van der Waals surface area contributed by atoms with Crippen molar-refractivity contribution in [2.45, 2.75) is 0 Å². The summed E-state index contributed by atoms with van der Waals surface area (Å²) in [5.74, 6) is 4.91. The lowest BCUT2D eigenvalue weighted by Gasteiger charge is -2.10. The van der Waals surface area contributed by atoms with E-state index in [1.807, 2.05) is 0 Å². The molecule has 2 aromatic rings. The molecule has 4 N–H and O–H groups in total. The molecule has 0 aliphatic carbocycles. The van der Waals surface area contributed by atoms with Gasteiger partial charge < -0.3 is 15.5 Å². The number of pyridine rings is 1. The molecule has 0 unspecified atom stereocenters. The summed E-state index contributed by atoms with van der Waals surface area (Å²) in [6.07, 6.45) is 1.53. The first-order valence-corrected chi connectivity index (χ1v) is 5.79. The normalized spacial score (nSPS) is 9.90. The number of hydrogen-bond donors (Lipinski definition) is 3. The Hall–Kier alpha value is -2.67. The first-order chi connectivity index (χ1) is 9.70. The van der Waals surface area contributed by atoms with Gasteiger partial charge in [0.1, 0.15) is 5.82 Å². The zero-order chi connectivity index (χ0) is 14.4. The molecule has 6 nitrogen and oxygen atoms in total. The van der Waals surface area contributed by atoms with E-state index in [9.17, 15) is 9.18 Å². The summed E-state index contributed by atoms with van der Waals surface area (Å²) in [5.41, 5.74) is 2.45. The van der Waals surface area contributed by atoms with Crippen molar-refractivity contribution >= 4 is 17.4 Å². The average molecular weight is 276 g/mol. The molecule has 0 fully saturated rings.